The zero-order valence-electron chi connectivity index (χ0n) is 17.9. The highest BCUT2D eigenvalue weighted by Gasteiger charge is 2.24. The largest absolute Gasteiger partial charge is 0.482 e. The Hall–Kier alpha value is -2.29. The van der Waals surface area contributed by atoms with Gasteiger partial charge in [0.05, 0.1) is 11.7 Å². The van der Waals surface area contributed by atoms with Gasteiger partial charge in [-0.2, -0.15) is 0 Å². The zero-order chi connectivity index (χ0) is 20.6. The molecule has 0 fully saturated rings. The topological polar surface area (TPSA) is 66.0 Å². The van der Waals surface area contributed by atoms with E-state index in [1.807, 2.05) is 24.3 Å². The van der Waals surface area contributed by atoms with E-state index in [9.17, 15) is 4.79 Å². The number of benzene rings is 2. The minimum Gasteiger partial charge on any atom is -0.482 e. The van der Waals surface area contributed by atoms with Crippen LogP contribution in [0, 0.1) is 6.92 Å². The lowest BCUT2D eigenvalue weighted by Crippen LogP contribution is -2.40. The van der Waals surface area contributed by atoms with Gasteiger partial charge in [0.25, 0.3) is 5.91 Å². The number of halogens is 1. The monoisotopic (exact) mass is 522 g/mol. The van der Waals surface area contributed by atoms with Crippen molar-refractivity contribution in [2.45, 2.75) is 33.2 Å². The number of rotatable bonds is 7. The van der Waals surface area contributed by atoms with E-state index in [2.05, 4.69) is 55.7 Å². The number of carbonyl (C=O) groups is 1. The molecule has 0 bridgehead atoms. The van der Waals surface area contributed by atoms with Crippen molar-refractivity contribution in [2.24, 2.45) is 4.99 Å². The second kappa shape index (κ2) is 11.8. The predicted octanol–water partition coefficient (Wildman–Crippen LogP) is 4.04. The van der Waals surface area contributed by atoms with Crippen LogP contribution in [0.1, 0.15) is 37.4 Å². The third-order valence-electron chi connectivity index (χ3n) is 4.97. The highest BCUT2D eigenvalue weighted by atomic mass is 127. The number of nitrogens with one attached hydrogen (secondary N) is 2. The van der Waals surface area contributed by atoms with E-state index in [0.717, 1.165) is 30.4 Å². The molecule has 3 rings (SSSR count). The highest BCUT2D eigenvalue weighted by molar-refractivity contribution is 14.0. The fourth-order valence-corrected chi connectivity index (χ4v) is 3.49. The Morgan fingerprint density at radius 2 is 1.93 bits per heavy atom. The van der Waals surface area contributed by atoms with Crippen molar-refractivity contribution in [3.8, 4) is 5.75 Å². The van der Waals surface area contributed by atoms with Gasteiger partial charge >= 0.3 is 0 Å². The van der Waals surface area contributed by atoms with Crippen LogP contribution in [0.5, 0.6) is 5.75 Å². The maximum absolute atomic E-state index is 12.3. The SMILES string of the molecule is CCNC(=NCCCN1C(=O)COc2ccccc21)NC(C)c1ccccc1C.I. The summed E-state index contributed by atoms with van der Waals surface area (Å²) in [4.78, 5) is 18.8. The van der Waals surface area contributed by atoms with E-state index in [4.69, 9.17) is 9.73 Å². The van der Waals surface area contributed by atoms with Crippen LogP contribution < -0.4 is 20.3 Å². The normalized spacial score (nSPS) is 14.3. The molecule has 162 valence electrons. The first kappa shape index (κ1) is 24.0. The number of aliphatic imine (C=N–C) groups is 1. The van der Waals surface area contributed by atoms with Crippen LogP contribution in [0.15, 0.2) is 53.5 Å². The van der Waals surface area contributed by atoms with Gasteiger partial charge in [-0.3, -0.25) is 9.79 Å². The van der Waals surface area contributed by atoms with Gasteiger partial charge in [-0.1, -0.05) is 36.4 Å². The molecule has 1 heterocycles. The third kappa shape index (κ3) is 6.10. The third-order valence-corrected chi connectivity index (χ3v) is 4.97. The number of anilines is 1. The number of hydrogen-bond acceptors (Lipinski definition) is 3. The summed E-state index contributed by atoms with van der Waals surface area (Å²) in [5, 5.41) is 6.78. The molecule has 7 heteroatoms. The van der Waals surface area contributed by atoms with Gasteiger partial charge in [-0.05, 0) is 50.5 Å². The summed E-state index contributed by atoms with van der Waals surface area (Å²) in [5.74, 6) is 1.54. The number of fused-ring (bicyclic) bond motifs is 1. The maximum Gasteiger partial charge on any atom is 0.265 e. The smallest absolute Gasteiger partial charge is 0.265 e. The molecule has 1 unspecified atom stereocenters. The summed E-state index contributed by atoms with van der Waals surface area (Å²) in [5.41, 5.74) is 3.35. The summed E-state index contributed by atoms with van der Waals surface area (Å²) in [7, 11) is 0. The number of nitrogens with zero attached hydrogens (tertiary/aromatic N) is 2. The van der Waals surface area contributed by atoms with Gasteiger partial charge in [0.1, 0.15) is 5.75 Å². The molecule has 1 amide bonds. The number of guanidine groups is 1. The van der Waals surface area contributed by atoms with Crippen molar-refractivity contribution < 1.29 is 9.53 Å². The van der Waals surface area contributed by atoms with Gasteiger partial charge < -0.3 is 20.3 Å². The molecule has 30 heavy (non-hydrogen) atoms. The average Bonchev–Trinajstić information content (AvgIpc) is 2.72. The van der Waals surface area contributed by atoms with Gasteiger partial charge in [-0.15, -0.1) is 24.0 Å². The first-order valence-corrected chi connectivity index (χ1v) is 10.2. The van der Waals surface area contributed by atoms with E-state index < -0.39 is 0 Å². The Bertz CT molecular complexity index is 872. The molecule has 0 spiro atoms. The number of amides is 1. The fourth-order valence-electron chi connectivity index (χ4n) is 3.49. The van der Waals surface area contributed by atoms with Crippen LogP contribution in [-0.2, 0) is 4.79 Å². The van der Waals surface area contributed by atoms with E-state index in [1.54, 1.807) is 4.90 Å². The number of carbonyl (C=O) groups excluding carboxylic acids is 1. The van der Waals surface area contributed by atoms with Crippen molar-refractivity contribution >= 4 is 41.5 Å². The fraction of sp³-hybridized carbons (Fsp3) is 0.391. The van der Waals surface area contributed by atoms with Crippen molar-refractivity contribution in [1.82, 2.24) is 10.6 Å². The average molecular weight is 522 g/mol. The minimum atomic E-state index is -0.00844. The number of hydrogen-bond donors (Lipinski definition) is 2. The quantitative estimate of drug-likeness (QED) is 0.249. The molecule has 6 nitrogen and oxygen atoms in total. The molecule has 0 aromatic heterocycles. The molecular formula is C23H31IN4O2. The zero-order valence-corrected chi connectivity index (χ0v) is 20.2. The van der Waals surface area contributed by atoms with Crippen LogP contribution in [0.25, 0.3) is 0 Å². The van der Waals surface area contributed by atoms with Gasteiger partial charge in [0.15, 0.2) is 12.6 Å². The molecule has 0 saturated heterocycles. The van der Waals surface area contributed by atoms with Gasteiger partial charge in [-0.25, -0.2) is 0 Å². The Balaban J connectivity index is 0.00000320. The number of para-hydroxylation sites is 2. The van der Waals surface area contributed by atoms with Crippen LogP contribution >= 0.6 is 24.0 Å². The molecule has 0 saturated carbocycles. The molecule has 1 aliphatic heterocycles. The Morgan fingerprint density at radius 1 is 1.20 bits per heavy atom. The summed E-state index contributed by atoms with van der Waals surface area (Å²) in [6.07, 6.45) is 0.773. The first-order valence-electron chi connectivity index (χ1n) is 10.2. The van der Waals surface area contributed by atoms with Gasteiger partial charge in [0.2, 0.25) is 0 Å². The maximum atomic E-state index is 12.3. The molecule has 2 aromatic carbocycles. The van der Waals surface area contributed by atoms with Gasteiger partial charge in [0, 0.05) is 19.6 Å². The Kier molecular flexibility index (Phi) is 9.42. The van der Waals surface area contributed by atoms with Crippen LogP contribution in [0.3, 0.4) is 0 Å². The Morgan fingerprint density at radius 3 is 2.70 bits per heavy atom. The lowest BCUT2D eigenvalue weighted by atomic mass is 10.0. The van der Waals surface area contributed by atoms with E-state index in [1.165, 1.54) is 11.1 Å². The number of ether oxygens (including phenoxy) is 1. The lowest BCUT2D eigenvalue weighted by molar-refractivity contribution is -0.121. The first-order chi connectivity index (χ1) is 14.1. The molecular weight excluding hydrogens is 491 g/mol. The summed E-state index contributed by atoms with van der Waals surface area (Å²) in [6, 6.07) is 16.2. The van der Waals surface area contributed by atoms with E-state index in [-0.39, 0.29) is 42.5 Å². The van der Waals surface area contributed by atoms with Crippen LogP contribution in [-0.4, -0.2) is 38.1 Å². The van der Waals surface area contributed by atoms with Crippen molar-refractivity contribution in [3.63, 3.8) is 0 Å². The standard InChI is InChI=1S/C23H30N4O2.HI/c1-4-24-23(26-18(3)19-11-6-5-10-17(19)2)25-14-9-15-27-20-12-7-8-13-21(20)29-16-22(27)28;/h5-8,10-13,18H,4,9,14-16H2,1-3H3,(H2,24,25,26);1H. The van der Waals surface area contributed by atoms with Crippen molar-refractivity contribution in [3.05, 3.63) is 59.7 Å². The summed E-state index contributed by atoms with van der Waals surface area (Å²) >= 11 is 0. The molecule has 1 atom stereocenters. The summed E-state index contributed by atoms with van der Waals surface area (Å²) in [6.45, 7) is 8.45. The molecule has 1 aliphatic rings. The van der Waals surface area contributed by atoms with Crippen molar-refractivity contribution in [2.75, 3.05) is 31.1 Å². The number of aryl methyl sites for hydroxylation is 1. The van der Waals surface area contributed by atoms with Crippen LogP contribution in [0.2, 0.25) is 0 Å². The highest BCUT2D eigenvalue weighted by Crippen LogP contribution is 2.31. The second-order valence-corrected chi connectivity index (χ2v) is 7.14. The molecule has 0 aliphatic carbocycles. The second-order valence-electron chi connectivity index (χ2n) is 7.14. The van der Waals surface area contributed by atoms with E-state index >= 15 is 0 Å². The molecule has 0 radical (unpaired) electrons. The van der Waals surface area contributed by atoms with E-state index in [0.29, 0.717) is 13.1 Å². The van der Waals surface area contributed by atoms with Crippen molar-refractivity contribution in [1.29, 1.82) is 0 Å². The molecule has 2 N–H and O–H groups in total. The molecule has 2 aromatic rings. The summed E-state index contributed by atoms with van der Waals surface area (Å²) < 4.78 is 5.50. The lowest BCUT2D eigenvalue weighted by Gasteiger charge is -2.29. The van der Waals surface area contributed by atoms with Crippen LogP contribution in [0.4, 0.5) is 5.69 Å². The predicted molar refractivity (Wildman–Crippen MR) is 133 cm³/mol. The Labute approximate surface area is 196 Å². The minimum absolute atomic E-state index is 0.